The highest BCUT2D eigenvalue weighted by Crippen LogP contribution is 2.03. The van der Waals surface area contributed by atoms with Gasteiger partial charge in [-0.1, -0.05) is 13.5 Å². The molecular weight excluding hydrogens is 240 g/mol. The van der Waals surface area contributed by atoms with Crippen molar-refractivity contribution in [3.05, 3.63) is 24.3 Å². The summed E-state index contributed by atoms with van der Waals surface area (Å²) in [5.74, 6) is -2.60. The Morgan fingerprint density at radius 3 is 2.39 bits per heavy atom. The Hall–Kier alpha value is -2.11. The van der Waals surface area contributed by atoms with Crippen molar-refractivity contribution in [2.75, 3.05) is 6.61 Å². The number of carbonyl (C=O) groups is 3. The predicted octanol–water partition coefficient (Wildman–Crippen LogP) is 1.07. The normalized spacial score (nSPS) is 11.9. The largest absolute Gasteiger partial charge is 0.478 e. The van der Waals surface area contributed by atoms with Crippen LogP contribution < -0.4 is 0 Å². The number of carboxylic acid groups (broad SMARTS) is 1. The lowest BCUT2D eigenvalue weighted by molar-refractivity contribution is -0.153. The van der Waals surface area contributed by atoms with E-state index >= 15 is 0 Å². The quantitative estimate of drug-likeness (QED) is 0.541. The number of carboxylic acids is 1. The highest BCUT2D eigenvalue weighted by atomic mass is 16.6. The minimum atomic E-state index is -1.24. The molecule has 0 aliphatic heterocycles. The second kappa shape index (κ2) is 8.05. The zero-order valence-corrected chi connectivity index (χ0v) is 10.3. The number of hydrogen-bond acceptors (Lipinski definition) is 5. The van der Waals surface area contributed by atoms with Gasteiger partial charge in [-0.3, -0.25) is 0 Å². The molecule has 0 saturated heterocycles. The van der Waals surface area contributed by atoms with Crippen molar-refractivity contribution in [1.29, 1.82) is 0 Å². The molecule has 1 atom stereocenters. The fourth-order valence-corrected chi connectivity index (χ4v) is 0.850. The van der Waals surface area contributed by atoms with E-state index in [0.29, 0.717) is 12.5 Å². The summed E-state index contributed by atoms with van der Waals surface area (Å²) in [6, 6.07) is 0. The molecule has 18 heavy (non-hydrogen) atoms. The second-order valence-corrected chi connectivity index (χ2v) is 3.52. The molecule has 0 aromatic rings. The van der Waals surface area contributed by atoms with Crippen molar-refractivity contribution in [2.24, 2.45) is 0 Å². The molecule has 0 aromatic carbocycles. The van der Waals surface area contributed by atoms with Gasteiger partial charge in [0.2, 0.25) is 0 Å². The van der Waals surface area contributed by atoms with Crippen LogP contribution in [-0.4, -0.2) is 35.7 Å². The summed E-state index contributed by atoms with van der Waals surface area (Å²) in [6.45, 7) is 6.57. The summed E-state index contributed by atoms with van der Waals surface area (Å²) in [4.78, 5) is 32.4. The molecule has 6 heteroatoms. The summed E-state index contributed by atoms with van der Waals surface area (Å²) in [7, 11) is 0. The first-order valence-electron chi connectivity index (χ1n) is 5.31. The number of ether oxygens (including phenoxy) is 2. The molecule has 0 spiro atoms. The molecule has 0 aliphatic carbocycles. The van der Waals surface area contributed by atoms with Crippen molar-refractivity contribution in [1.82, 2.24) is 0 Å². The fraction of sp³-hybridized carbons (Fsp3) is 0.417. The SMILES string of the molecule is C=C(C)C(=O)OC(CC)COC(=O)/C=C\C(=O)O. The number of aliphatic carboxylic acids is 1. The minimum absolute atomic E-state index is 0.127. The summed E-state index contributed by atoms with van der Waals surface area (Å²) in [5.41, 5.74) is 0.255. The molecule has 0 heterocycles. The van der Waals surface area contributed by atoms with Crippen molar-refractivity contribution < 1.29 is 29.0 Å². The molecule has 100 valence electrons. The molecular formula is C12H16O6. The van der Waals surface area contributed by atoms with Crippen LogP contribution in [0.25, 0.3) is 0 Å². The Labute approximate surface area is 105 Å². The molecule has 0 aromatic heterocycles. The van der Waals surface area contributed by atoms with E-state index in [4.69, 9.17) is 14.6 Å². The number of esters is 2. The number of carbonyl (C=O) groups excluding carboxylic acids is 2. The lowest BCUT2D eigenvalue weighted by atomic mass is 10.3. The highest BCUT2D eigenvalue weighted by molar-refractivity contribution is 5.90. The van der Waals surface area contributed by atoms with Gasteiger partial charge >= 0.3 is 17.9 Å². The Morgan fingerprint density at radius 1 is 1.33 bits per heavy atom. The molecule has 1 N–H and O–H groups in total. The number of rotatable bonds is 7. The average Bonchev–Trinajstić information content (AvgIpc) is 2.31. The summed E-state index contributed by atoms with van der Waals surface area (Å²) in [6.07, 6.45) is 1.35. The van der Waals surface area contributed by atoms with E-state index in [1.807, 2.05) is 0 Å². The summed E-state index contributed by atoms with van der Waals surface area (Å²) < 4.78 is 9.71. The van der Waals surface area contributed by atoms with E-state index in [2.05, 4.69) is 6.58 Å². The van der Waals surface area contributed by atoms with Gasteiger partial charge in [0.15, 0.2) is 0 Å². The minimum Gasteiger partial charge on any atom is -0.478 e. The van der Waals surface area contributed by atoms with E-state index in [1.54, 1.807) is 6.92 Å². The maximum absolute atomic E-state index is 11.2. The molecule has 1 unspecified atom stereocenters. The standard InChI is InChI=1S/C12H16O6/c1-4-9(18-12(16)8(2)3)7-17-11(15)6-5-10(13)14/h5-6,9H,2,4,7H2,1,3H3,(H,13,14)/b6-5-. The van der Waals surface area contributed by atoms with Gasteiger partial charge in [-0.2, -0.15) is 0 Å². The topological polar surface area (TPSA) is 89.9 Å². The van der Waals surface area contributed by atoms with Crippen LogP contribution in [0, 0.1) is 0 Å². The van der Waals surface area contributed by atoms with Crippen molar-refractivity contribution >= 4 is 17.9 Å². The van der Waals surface area contributed by atoms with Gasteiger partial charge in [0.1, 0.15) is 12.7 Å². The number of hydrogen-bond donors (Lipinski definition) is 1. The zero-order chi connectivity index (χ0) is 14.1. The maximum Gasteiger partial charge on any atom is 0.333 e. The Balaban J connectivity index is 4.15. The second-order valence-electron chi connectivity index (χ2n) is 3.52. The van der Waals surface area contributed by atoms with Crippen molar-refractivity contribution in [3.63, 3.8) is 0 Å². The third-order valence-corrected chi connectivity index (χ3v) is 1.85. The van der Waals surface area contributed by atoms with Gasteiger partial charge < -0.3 is 14.6 Å². The van der Waals surface area contributed by atoms with E-state index in [1.165, 1.54) is 6.92 Å². The van der Waals surface area contributed by atoms with Gasteiger partial charge in [-0.05, 0) is 13.3 Å². The van der Waals surface area contributed by atoms with E-state index in [9.17, 15) is 14.4 Å². The lowest BCUT2D eigenvalue weighted by Crippen LogP contribution is -2.24. The van der Waals surface area contributed by atoms with Crippen LogP contribution in [0.4, 0.5) is 0 Å². The third kappa shape index (κ3) is 7.21. The Morgan fingerprint density at radius 2 is 1.94 bits per heavy atom. The predicted molar refractivity (Wildman–Crippen MR) is 62.7 cm³/mol. The van der Waals surface area contributed by atoms with Gasteiger partial charge in [-0.25, -0.2) is 14.4 Å². The third-order valence-electron chi connectivity index (χ3n) is 1.85. The van der Waals surface area contributed by atoms with E-state index in [-0.39, 0.29) is 12.2 Å². The summed E-state index contributed by atoms with van der Waals surface area (Å²) in [5, 5.41) is 8.29. The molecule has 0 bridgehead atoms. The highest BCUT2D eigenvalue weighted by Gasteiger charge is 2.14. The molecule has 0 saturated carbocycles. The van der Waals surface area contributed by atoms with Crippen LogP contribution in [-0.2, 0) is 23.9 Å². The van der Waals surface area contributed by atoms with Gasteiger partial charge in [0.25, 0.3) is 0 Å². The molecule has 0 rings (SSSR count). The first-order chi connectivity index (χ1) is 8.36. The monoisotopic (exact) mass is 256 g/mol. The van der Waals surface area contributed by atoms with Crippen molar-refractivity contribution in [2.45, 2.75) is 26.4 Å². The smallest absolute Gasteiger partial charge is 0.333 e. The lowest BCUT2D eigenvalue weighted by Gasteiger charge is -2.15. The summed E-state index contributed by atoms with van der Waals surface area (Å²) >= 11 is 0. The van der Waals surface area contributed by atoms with Crippen LogP contribution in [0.1, 0.15) is 20.3 Å². The molecule has 6 nitrogen and oxygen atoms in total. The van der Waals surface area contributed by atoms with Crippen LogP contribution in [0.2, 0.25) is 0 Å². The van der Waals surface area contributed by atoms with Gasteiger partial charge in [0.05, 0.1) is 0 Å². The average molecular weight is 256 g/mol. The molecule has 0 amide bonds. The first kappa shape index (κ1) is 15.9. The maximum atomic E-state index is 11.2. The van der Waals surface area contributed by atoms with Crippen molar-refractivity contribution in [3.8, 4) is 0 Å². The van der Waals surface area contributed by atoms with E-state index in [0.717, 1.165) is 6.08 Å². The molecule has 0 aliphatic rings. The Kier molecular flexibility index (Phi) is 7.11. The van der Waals surface area contributed by atoms with Crippen LogP contribution in [0.15, 0.2) is 24.3 Å². The first-order valence-corrected chi connectivity index (χ1v) is 5.31. The van der Waals surface area contributed by atoms with Crippen LogP contribution in [0.5, 0.6) is 0 Å². The van der Waals surface area contributed by atoms with Gasteiger partial charge in [0, 0.05) is 17.7 Å². The Bertz CT molecular complexity index is 369. The zero-order valence-electron chi connectivity index (χ0n) is 10.3. The van der Waals surface area contributed by atoms with E-state index < -0.39 is 24.0 Å². The van der Waals surface area contributed by atoms with Crippen LogP contribution in [0.3, 0.4) is 0 Å². The van der Waals surface area contributed by atoms with Crippen LogP contribution >= 0.6 is 0 Å². The molecule has 0 radical (unpaired) electrons. The fourth-order valence-electron chi connectivity index (χ4n) is 0.850. The van der Waals surface area contributed by atoms with Gasteiger partial charge in [-0.15, -0.1) is 0 Å². The molecule has 0 fully saturated rings.